The smallest absolute Gasteiger partial charge is 0.246 e. The molecule has 2 aromatic heterocycles. The fraction of sp³-hybridized carbons (Fsp3) is 0.429. The van der Waals surface area contributed by atoms with Crippen molar-refractivity contribution >= 4 is 39.9 Å². The number of likely N-dealkylation sites (tertiary alicyclic amines) is 1. The van der Waals surface area contributed by atoms with Crippen molar-refractivity contribution in [3.63, 3.8) is 0 Å². The van der Waals surface area contributed by atoms with Crippen LogP contribution in [0.15, 0.2) is 17.7 Å². The zero-order valence-electron chi connectivity index (χ0n) is 11.2. The second kappa shape index (κ2) is 4.56. The third kappa shape index (κ3) is 2.18. The molecule has 0 atom stereocenters. The highest BCUT2D eigenvalue weighted by atomic mass is 35.5. The molecule has 0 aromatic carbocycles. The average Bonchev–Trinajstić information content (AvgIpc) is 3.10. The molecule has 0 bridgehead atoms. The number of hydrogen-bond acceptors (Lipinski definition) is 4. The van der Waals surface area contributed by atoms with Gasteiger partial charge in [-0.1, -0.05) is 11.6 Å². The molecule has 1 aliphatic heterocycles. The quantitative estimate of drug-likeness (QED) is 0.879. The van der Waals surface area contributed by atoms with E-state index in [1.165, 1.54) is 17.4 Å². The van der Waals surface area contributed by atoms with Crippen molar-refractivity contribution in [1.82, 2.24) is 14.3 Å². The summed E-state index contributed by atoms with van der Waals surface area (Å²) in [5, 5.41) is 12.5. The second-order valence-corrected chi connectivity index (χ2v) is 6.98. The van der Waals surface area contributed by atoms with Gasteiger partial charge in [0.15, 0.2) is 10.1 Å². The molecule has 7 heteroatoms. The van der Waals surface area contributed by atoms with Gasteiger partial charge >= 0.3 is 0 Å². The first-order valence-electron chi connectivity index (χ1n) is 6.87. The van der Waals surface area contributed by atoms with Crippen LogP contribution < -0.4 is 0 Å². The van der Waals surface area contributed by atoms with E-state index in [0.717, 1.165) is 17.8 Å². The van der Waals surface area contributed by atoms with E-state index in [1.54, 1.807) is 11.0 Å². The maximum Gasteiger partial charge on any atom is 0.246 e. The van der Waals surface area contributed by atoms with Gasteiger partial charge in [-0.25, -0.2) is 4.98 Å². The van der Waals surface area contributed by atoms with Gasteiger partial charge in [0, 0.05) is 17.7 Å². The van der Waals surface area contributed by atoms with Crippen LogP contribution >= 0.6 is 22.9 Å². The Hall–Kier alpha value is -1.37. The fourth-order valence-electron chi connectivity index (χ4n) is 2.83. The molecule has 21 heavy (non-hydrogen) atoms. The molecule has 1 saturated carbocycles. The summed E-state index contributed by atoms with van der Waals surface area (Å²) in [7, 11) is 0. The zero-order valence-corrected chi connectivity index (χ0v) is 12.8. The maximum atomic E-state index is 12.1. The van der Waals surface area contributed by atoms with Crippen LogP contribution in [0.2, 0.25) is 5.15 Å². The summed E-state index contributed by atoms with van der Waals surface area (Å²) in [6, 6.07) is 0. The predicted octanol–water partition coefficient (Wildman–Crippen LogP) is 2.05. The normalized spacial score (nSPS) is 21.1. The van der Waals surface area contributed by atoms with Crippen LogP contribution in [0.1, 0.15) is 18.5 Å². The first kappa shape index (κ1) is 13.3. The molecule has 110 valence electrons. The van der Waals surface area contributed by atoms with E-state index in [2.05, 4.69) is 4.98 Å². The van der Waals surface area contributed by atoms with Gasteiger partial charge in [-0.05, 0) is 24.8 Å². The van der Waals surface area contributed by atoms with Crippen LogP contribution in [-0.2, 0) is 4.79 Å². The van der Waals surface area contributed by atoms with Crippen molar-refractivity contribution in [3.8, 4) is 0 Å². The van der Waals surface area contributed by atoms with E-state index in [9.17, 15) is 9.90 Å². The van der Waals surface area contributed by atoms with Gasteiger partial charge in [0.25, 0.3) is 0 Å². The zero-order chi connectivity index (χ0) is 14.6. The lowest BCUT2D eigenvalue weighted by Crippen LogP contribution is -2.64. The summed E-state index contributed by atoms with van der Waals surface area (Å²) in [6.45, 7) is 0.879. The number of aliphatic hydroxyl groups is 1. The molecule has 2 aliphatic rings. The lowest BCUT2D eigenvalue weighted by molar-refractivity contribution is -0.154. The summed E-state index contributed by atoms with van der Waals surface area (Å²) < 4.78 is 1.85. The Bertz CT molecular complexity index is 741. The van der Waals surface area contributed by atoms with E-state index in [4.69, 9.17) is 11.6 Å². The number of hydrogen-bond donors (Lipinski definition) is 1. The van der Waals surface area contributed by atoms with E-state index < -0.39 is 5.60 Å². The molecule has 4 rings (SSSR count). The van der Waals surface area contributed by atoms with Gasteiger partial charge in [0.1, 0.15) is 5.60 Å². The van der Waals surface area contributed by atoms with Gasteiger partial charge in [0.2, 0.25) is 5.91 Å². The Morgan fingerprint density at radius 1 is 1.52 bits per heavy atom. The third-order valence-corrected chi connectivity index (χ3v) is 5.25. The van der Waals surface area contributed by atoms with Crippen molar-refractivity contribution in [2.24, 2.45) is 5.92 Å². The van der Waals surface area contributed by atoms with Gasteiger partial charge < -0.3 is 10.0 Å². The van der Waals surface area contributed by atoms with E-state index in [1.807, 2.05) is 16.0 Å². The van der Waals surface area contributed by atoms with Crippen molar-refractivity contribution < 1.29 is 9.90 Å². The lowest BCUT2D eigenvalue weighted by atomic mass is 9.88. The van der Waals surface area contributed by atoms with Crippen LogP contribution in [0.5, 0.6) is 0 Å². The number of amides is 1. The molecule has 1 amide bonds. The molecule has 0 radical (unpaired) electrons. The molecule has 3 heterocycles. The molecular weight excluding hydrogens is 310 g/mol. The number of carbonyl (C=O) groups excluding carboxylic acids is 1. The third-order valence-electron chi connectivity index (χ3n) is 4.22. The number of fused-ring (bicyclic) bond motifs is 1. The van der Waals surface area contributed by atoms with Gasteiger partial charge in [0.05, 0.1) is 18.8 Å². The number of aromatic nitrogens is 2. The topological polar surface area (TPSA) is 57.8 Å². The minimum Gasteiger partial charge on any atom is -0.386 e. The molecular formula is C14H14ClN3O2S. The molecule has 0 spiro atoms. The highest BCUT2D eigenvalue weighted by Gasteiger charge is 2.52. The highest BCUT2D eigenvalue weighted by Crippen LogP contribution is 2.44. The largest absolute Gasteiger partial charge is 0.386 e. The summed E-state index contributed by atoms with van der Waals surface area (Å²) >= 11 is 7.57. The number of nitrogens with zero attached hydrogens (tertiary/aromatic N) is 3. The van der Waals surface area contributed by atoms with Gasteiger partial charge in [-0.3, -0.25) is 9.20 Å². The average molecular weight is 324 g/mol. The summed E-state index contributed by atoms with van der Waals surface area (Å²) in [5.41, 5.74) is 0.0671. The maximum absolute atomic E-state index is 12.1. The van der Waals surface area contributed by atoms with Crippen LogP contribution in [0.3, 0.4) is 0 Å². The first-order chi connectivity index (χ1) is 10.1. The Morgan fingerprint density at radius 2 is 2.29 bits per heavy atom. The van der Waals surface area contributed by atoms with Crippen molar-refractivity contribution in [1.29, 1.82) is 0 Å². The molecule has 5 nitrogen and oxygen atoms in total. The Balaban J connectivity index is 1.47. The molecule has 2 aromatic rings. The van der Waals surface area contributed by atoms with Gasteiger partial charge in [-0.15, -0.1) is 11.3 Å². The second-order valence-electron chi connectivity index (χ2n) is 5.75. The Labute approximate surface area is 130 Å². The molecule has 1 saturated heterocycles. The van der Waals surface area contributed by atoms with E-state index in [-0.39, 0.29) is 5.91 Å². The number of rotatable bonds is 3. The van der Waals surface area contributed by atoms with Crippen LogP contribution in [0.25, 0.3) is 11.0 Å². The van der Waals surface area contributed by atoms with E-state index >= 15 is 0 Å². The SMILES string of the molecule is O=C(C=Cc1c(Cl)nc2sccn12)N1CC(O)(C2CC2)C1. The number of thiazole rings is 1. The fourth-order valence-corrected chi connectivity index (χ4v) is 3.84. The summed E-state index contributed by atoms with van der Waals surface area (Å²) in [5.74, 6) is 0.293. The molecule has 2 fully saturated rings. The van der Waals surface area contributed by atoms with Gasteiger partial charge in [-0.2, -0.15) is 0 Å². The number of halogens is 1. The minimum atomic E-state index is -0.640. The molecule has 1 aliphatic carbocycles. The van der Waals surface area contributed by atoms with Crippen LogP contribution in [-0.4, -0.2) is 44.0 Å². The Morgan fingerprint density at radius 3 is 3.00 bits per heavy atom. The standard InChI is InChI=1S/C14H14ClN3O2S/c15-12-10(18-5-6-21-13(18)16-12)3-4-11(19)17-7-14(20,8-17)9-1-2-9/h3-6,9,20H,1-2,7-8H2. The Kier molecular flexibility index (Phi) is 2.89. The van der Waals surface area contributed by atoms with Crippen LogP contribution in [0.4, 0.5) is 0 Å². The van der Waals surface area contributed by atoms with E-state index in [0.29, 0.717) is 29.9 Å². The monoisotopic (exact) mass is 323 g/mol. The number of carbonyl (C=O) groups is 1. The summed E-state index contributed by atoms with van der Waals surface area (Å²) in [4.78, 5) is 18.8. The van der Waals surface area contributed by atoms with Crippen LogP contribution in [0, 0.1) is 5.92 Å². The lowest BCUT2D eigenvalue weighted by Gasteiger charge is -2.46. The number of imidazole rings is 1. The molecule has 0 unspecified atom stereocenters. The summed E-state index contributed by atoms with van der Waals surface area (Å²) in [6.07, 6.45) is 7.22. The first-order valence-corrected chi connectivity index (χ1v) is 8.13. The van der Waals surface area contributed by atoms with Crippen molar-refractivity contribution in [2.45, 2.75) is 18.4 Å². The highest BCUT2D eigenvalue weighted by molar-refractivity contribution is 7.15. The predicted molar refractivity (Wildman–Crippen MR) is 81.4 cm³/mol. The minimum absolute atomic E-state index is 0.0958. The van der Waals surface area contributed by atoms with Crippen molar-refractivity contribution in [2.75, 3.05) is 13.1 Å². The number of β-amino-alcohol motifs (C(OH)–C–C–N with tert-alkyl or cyclic N) is 1. The van der Waals surface area contributed by atoms with Crippen molar-refractivity contribution in [3.05, 3.63) is 28.5 Å². The molecule has 1 N–H and O–H groups in total.